The summed E-state index contributed by atoms with van der Waals surface area (Å²) in [6, 6.07) is 11.3. The van der Waals surface area contributed by atoms with Crippen LogP contribution in [0.25, 0.3) is 0 Å². The molecule has 4 aromatic rings. The first-order valence-electron chi connectivity index (χ1n) is 20.0. The Kier molecular flexibility index (Phi) is 12.5. The van der Waals surface area contributed by atoms with Crippen LogP contribution in [0.2, 0.25) is 0 Å². The highest BCUT2D eigenvalue weighted by atomic mass is 32.2. The summed E-state index contributed by atoms with van der Waals surface area (Å²) in [6.07, 6.45) is -4.61. The van der Waals surface area contributed by atoms with Gasteiger partial charge in [0.2, 0.25) is 10.0 Å². The molecule has 2 fully saturated rings. The molecular weight excluding hydrogens is 817 g/mol. The molecule has 0 unspecified atom stereocenters. The van der Waals surface area contributed by atoms with Crippen molar-refractivity contribution in [1.82, 2.24) is 34.1 Å². The summed E-state index contributed by atoms with van der Waals surface area (Å²) in [7, 11) is -3.41. The predicted molar refractivity (Wildman–Crippen MR) is 207 cm³/mol. The van der Waals surface area contributed by atoms with Crippen LogP contribution in [0.15, 0.2) is 48.5 Å². The number of piperidine rings is 2. The second-order valence-electron chi connectivity index (χ2n) is 15.6. The van der Waals surface area contributed by atoms with Gasteiger partial charge in [-0.25, -0.2) is 8.42 Å². The zero-order valence-electron chi connectivity index (χ0n) is 33.3. The molecule has 0 aliphatic carbocycles. The molecule has 0 radical (unpaired) electrons. The minimum Gasteiger partial charge on any atom is -0.376 e. The minimum absolute atomic E-state index is 0.102. The number of carbonyl (C=O) groups excluding carboxylic acids is 2. The highest BCUT2D eigenvalue weighted by molar-refractivity contribution is 7.88. The number of fused-ring (bicyclic) bond motifs is 2. The van der Waals surface area contributed by atoms with Gasteiger partial charge in [0, 0.05) is 81.2 Å². The predicted octanol–water partition coefficient (Wildman–Crippen LogP) is 6.78. The number of amides is 2. The molecule has 19 heteroatoms. The molecule has 0 atom stereocenters. The van der Waals surface area contributed by atoms with Gasteiger partial charge in [0.15, 0.2) is 11.4 Å². The Morgan fingerprint density at radius 1 is 0.767 bits per heavy atom. The van der Waals surface area contributed by atoms with Crippen molar-refractivity contribution in [3.63, 3.8) is 0 Å². The Morgan fingerprint density at radius 2 is 1.28 bits per heavy atom. The van der Waals surface area contributed by atoms with Gasteiger partial charge in [-0.2, -0.15) is 40.8 Å². The lowest BCUT2D eigenvalue weighted by Crippen LogP contribution is -2.40. The van der Waals surface area contributed by atoms with Crippen LogP contribution < -0.4 is 0 Å². The average Bonchev–Trinajstić information content (AvgIpc) is 3.84. The van der Waals surface area contributed by atoms with Crippen LogP contribution in [0.1, 0.15) is 110 Å². The molecule has 1 N–H and O–H groups in total. The van der Waals surface area contributed by atoms with Crippen molar-refractivity contribution in [2.45, 2.75) is 89.3 Å². The van der Waals surface area contributed by atoms with E-state index in [2.05, 4.69) is 15.3 Å². The topological polar surface area (TPSA) is 134 Å². The number of benzene rings is 2. The Hall–Kier alpha value is -4.75. The van der Waals surface area contributed by atoms with Crippen molar-refractivity contribution in [2.75, 3.05) is 45.6 Å². The number of hydrogen-bond acceptors (Lipinski definition) is 7. The zero-order valence-corrected chi connectivity index (χ0v) is 34.1. The van der Waals surface area contributed by atoms with Crippen LogP contribution in [0.4, 0.5) is 26.3 Å². The lowest BCUT2D eigenvalue weighted by atomic mass is 9.86. The van der Waals surface area contributed by atoms with Crippen LogP contribution >= 0.6 is 0 Å². The van der Waals surface area contributed by atoms with Gasteiger partial charge in [-0.1, -0.05) is 36.4 Å². The van der Waals surface area contributed by atoms with Gasteiger partial charge in [-0.15, -0.1) is 0 Å². The van der Waals surface area contributed by atoms with Crippen LogP contribution in [0, 0.1) is 0 Å². The quantitative estimate of drug-likeness (QED) is 0.212. The van der Waals surface area contributed by atoms with Gasteiger partial charge < -0.3 is 14.5 Å². The van der Waals surface area contributed by atoms with Crippen LogP contribution in [-0.4, -0.2) is 99.9 Å². The van der Waals surface area contributed by atoms with Crippen LogP contribution in [-0.2, 0) is 59.7 Å². The molecule has 0 spiro atoms. The second kappa shape index (κ2) is 17.3. The smallest absolute Gasteiger partial charge is 0.376 e. The van der Waals surface area contributed by atoms with E-state index >= 15 is 0 Å². The zero-order chi connectivity index (χ0) is 43.0. The molecular formula is C41H47F6N7O5S. The fourth-order valence-corrected chi connectivity index (χ4v) is 9.57. The maximum atomic E-state index is 13.4. The third-order valence-electron chi connectivity index (χ3n) is 11.9. The van der Waals surface area contributed by atoms with Crippen LogP contribution in [0.3, 0.4) is 0 Å². The first-order valence-corrected chi connectivity index (χ1v) is 21.9. The molecule has 60 heavy (non-hydrogen) atoms. The molecule has 2 aromatic heterocycles. The first kappa shape index (κ1) is 43.3. The Balaban J connectivity index is 0.000000185. The Labute approximate surface area is 343 Å². The third kappa shape index (κ3) is 9.12. The largest absolute Gasteiger partial charge is 0.416 e. The van der Waals surface area contributed by atoms with Crippen LogP contribution in [0.5, 0.6) is 0 Å². The Morgan fingerprint density at radius 3 is 1.78 bits per heavy atom. The Bertz CT molecular complexity index is 2310. The van der Waals surface area contributed by atoms with Crippen molar-refractivity contribution in [3.8, 4) is 0 Å². The average molecular weight is 864 g/mol. The van der Waals surface area contributed by atoms with Crippen molar-refractivity contribution in [1.29, 1.82) is 0 Å². The number of rotatable bonds is 6. The number of aromatic amines is 1. The number of carbonyl (C=O) groups is 2. The maximum absolute atomic E-state index is 13.4. The second-order valence-corrected chi connectivity index (χ2v) is 17.6. The standard InChI is InChI=1S/C22H27F3N4O3S.C19H20F3N3O2/c1-3-29-19-10-13-28(33(2,31)32)14-17(19)20(26-29)21(30)27-11-8-15(9-12-27)16-6-4-5-7-18(16)22(23,24)25;20-19(21,22)15-4-2-1-3-13(15)12-5-8-25(9-6-12)18(26)17-14-11-27-10-7-16(14)23-24-17/h4-7,15H,3,8-14H2,1-2H3;1-4,12H,5-11H2,(H,23,24). The van der Waals surface area contributed by atoms with E-state index < -0.39 is 33.5 Å². The number of aromatic nitrogens is 4. The summed E-state index contributed by atoms with van der Waals surface area (Å²) in [5, 5.41) is 11.5. The lowest BCUT2D eigenvalue weighted by molar-refractivity contribution is -0.139. The van der Waals surface area contributed by atoms with Gasteiger partial charge in [-0.3, -0.25) is 19.4 Å². The molecule has 4 aliphatic rings. The summed E-state index contributed by atoms with van der Waals surface area (Å²) < 4.78 is 113. The molecule has 0 bridgehead atoms. The monoisotopic (exact) mass is 863 g/mol. The molecule has 324 valence electrons. The number of ether oxygens (including phenoxy) is 1. The lowest BCUT2D eigenvalue weighted by Gasteiger charge is -2.33. The van der Waals surface area contributed by atoms with E-state index in [0.717, 1.165) is 35.3 Å². The molecule has 2 amide bonds. The summed E-state index contributed by atoms with van der Waals surface area (Å²) in [6.45, 7) is 5.35. The number of halogens is 6. The van der Waals surface area contributed by atoms with Crippen molar-refractivity contribution >= 4 is 21.8 Å². The van der Waals surface area contributed by atoms with E-state index in [1.54, 1.807) is 32.7 Å². The summed E-state index contributed by atoms with van der Waals surface area (Å²) in [4.78, 5) is 29.4. The number of hydrogen-bond donors (Lipinski definition) is 1. The molecule has 0 saturated carbocycles. The van der Waals surface area contributed by atoms with Gasteiger partial charge in [-0.05, 0) is 67.7 Å². The molecule has 2 aromatic carbocycles. The van der Waals surface area contributed by atoms with Gasteiger partial charge in [0.1, 0.15) is 0 Å². The molecule has 4 aliphatic heterocycles. The minimum atomic E-state index is -4.42. The number of nitrogens with one attached hydrogen (secondary N) is 1. The summed E-state index contributed by atoms with van der Waals surface area (Å²) in [5.41, 5.74) is 3.25. The van der Waals surface area contributed by atoms with E-state index in [1.807, 2.05) is 6.92 Å². The van der Waals surface area contributed by atoms with Crippen molar-refractivity contribution < 1.29 is 49.1 Å². The van der Waals surface area contributed by atoms with Crippen molar-refractivity contribution in [2.24, 2.45) is 0 Å². The number of alkyl halides is 6. The van der Waals surface area contributed by atoms with E-state index in [4.69, 9.17) is 4.74 Å². The number of aryl methyl sites for hydroxylation is 1. The summed E-state index contributed by atoms with van der Waals surface area (Å²) in [5.74, 6) is -0.963. The highest BCUT2D eigenvalue weighted by Gasteiger charge is 2.39. The molecule has 2 saturated heterocycles. The first-order chi connectivity index (χ1) is 28.5. The molecule has 6 heterocycles. The fraction of sp³-hybridized carbons (Fsp3) is 0.512. The van der Waals surface area contributed by atoms with Gasteiger partial charge in [0.25, 0.3) is 11.8 Å². The van der Waals surface area contributed by atoms with E-state index in [1.165, 1.54) is 22.5 Å². The molecule has 8 rings (SSSR count). The van der Waals surface area contributed by atoms with Gasteiger partial charge in [0.05, 0.1) is 30.6 Å². The third-order valence-corrected chi connectivity index (χ3v) is 13.2. The van der Waals surface area contributed by atoms with E-state index in [0.29, 0.717) is 108 Å². The highest BCUT2D eigenvalue weighted by Crippen LogP contribution is 2.40. The molecule has 12 nitrogen and oxygen atoms in total. The maximum Gasteiger partial charge on any atom is 0.416 e. The number of sulfonamides is 1. The van der Waals surface area contributed by atoms with Crippen molar-refractivity contribution in [3.05, 3.63) is 105 Å². The van der Waals surface area contributed by atoms with Gasteiger partial charge >= 0.3 is 12.4 Å². The SMILES string of the molecule is CCn1nc(C(=O)N2CCC(c3ccccc3C(F)(F)F)CC2)c2c1CCN(S(C)(=O)=O)C2.O=C(c1n[nH]c2c1COCC2)N1CCC(c2ccccc2C(F)(F)F)CC1. The number of likely N-dealkylation sites (tertiary alicyclic amines) is 2. The number of nitrogens with zero attached hydrogens (tertiary/aromatic N) is 6. The fourth-order valence-electron chi connectivity index (χ4n) is 8.78. The number of H-pyrrole nitrogens is 1. The van der Waals surface area contributed by atoms with E-state index in [-0.39, 0.29) is 41.5 Å². The van der Waals surface area contributed by atoms with E-state index in [9.17, 15) is 44.3 Å². The summed E-state index contributed by atoms with van der Waals surface area (Å²) >= 11 is 0. The normalized spacial score (nSPS) is 18.4.